The largest absolute Gasteiger partial charge is 0.342 e. The van der Waals surface area contributed by atoms with Gasteiger partial charge in [0.1, 0.15) is 5.82 Å². The molecule has 0 saturated carbocycles. The summed E-state index contributed by atoms with van der Waals surface area (Å²) in [6.07, 6.45) is 0.967. The highest BCUT2D eigenvalue weighted by atomic mass is 14.9. The Morgan fingerprint density at radius 3 is 2.75 bits per heavy atom. The quantitative estimate of drug-likeness (QED) is 0.686. The van der Waals surface area contributed by atoms with Gasteiger partial charge in [-0.25, -0.2) is 4.98 Å². The average molecular weight is 162 g/mol. The summed E-state index contributed by atoms with van der Waals surface area (Å²) in [5.41, 5.74) is 2.19. The standard InChI is InChI=1S/C9H10N2.CH4/c1-2-9-10-7-5-3-4-6-8(7)11-9;/h3-6H,2H2,1H3,(H,10,11);1H4. The zero-order chi connectivity index (χ0) is 7.68. The molecule has 0 amide bonds. The van der Waals surface area contributed by atoms with Gasteiger partial charge in [-0.3, -0.25) is 0 Å². The molecule has 1 aromatic carbocycles. The predicted octanol–water partition coefficient (Wildman–Crippen LogP) is 2.76. The van der Waals surface area contributed by atoms with E-state index in [0.29, 0.717) is 0 Å². The molecule has 1 N–H and O–H groups in total. The number of nitrogens with zero attached hydrogens (tertiary/aromatic N) is 1. The zero-order valence-electron chi connectivity index (χ0n) is 6.46. The van der Waals surface area contributed by atoms with Crippen molar-refractivity contribution in [1.29, 1.82) is 0 Å². The smallest absolute Gasteiger partial charge is 0.106 e. The van der Waals surface area contributed by atoms with Crippen LogP contribution < -0.4 is 0 Å². The van der Waals surface area contributed by atoms with E-state index in [0.717, 1.165) is 23.3 Å². The maximum Gasteiger partial charge on any atom is 0.106 e. The van der Waals surface area contributed by atoms with Gasteiger partial charge in [0.15, 0.2) is 0 Å². The van der Waals surface area contributed by atoms with Gasteiger partial charge in [0.25, 0.3) is 0 Å². The second-order valence-corrected chi connectivity index (χ2v) is 2.55. The van der Waals surface area contributed by atoms with Gasteiger partial charge in [-0.2, -0.15) is 0 Å². The van der Waals surface area contributed by atoms with Crippen molar-refractivity contribution in [1.82, 2.24) is 9.97 Å². The van der Waals surface area contributed by atoms with Crippen LogP contribution in [0.2, 0.25) is 0 Å². The first-order valence-corrected chi connectivity index (χ1v) is 3.84. The summed E-state index contributed by atoms with van der Waals surface area (Å²) in [6.45, 7) is 2.09. The molecule has 2 heteroatoms. The number of aryl methyl sites for hydroxylation is 1. The number of para-hydroxylation sites is 2. The van der Waals surface area contributed by atoms with Crippen LogP contribution in [-0.4, -0.2) is 9.97 Å². The molecule has 0 aliphatic rings. The van der Waals surface area contributed by atoms with E-state index in [2.05, 4.69) is 16.9 Å². The number of H-pyrrole nitrogens is 1. The molecule has 2 rings (SSSR count). The van der Waals surface area contributed by atoms with Crippen LogP contribution >= 0.6 is 0 Å². The van der Waals surface area contributed by atoms with E-state index in [1.54, 1.807) is 0 Å². The Morgan fingerprint density at radius 2 is 2.08 bits per heavy atom. The molecule has 0 fully saturated rings. The molecular formula is C10H14N2. The second kappa shape index (κ2) is 3.39. The summed E-state index contributed by atoms with van der Waals surface area (Å²) in [7, 11) is 0. The van der Waals surface area contributed by atoms with E-state index in [1.807, 2.05) is 24.3 Å². The summed E-state index contributed by atoms with van der Waals surface area (Å²) >= 11 is 0. The summed E-state index contributed by atoms with van der Waals surface area (Å²) in [5, 5.41) is 0. The number of aromatic nitrogens is 2. The minimum Gasteiger partial charge on any atom is -0.342 e. The van der Waals surface area contributed by atoms with E-state index >= 15 is 0 Å². The Kier molecular flexibility index (Phi) is 2.48. The molecule has 64 valence electrons. The SMILES string of the molecule is C.CCc1nc2ccccc2[nH]1. The third-order valence-electron chi connectivity index (χ3n) is 1.77. The first-order chi connectivity index (χ1) is 5.40. The number of aromatic amines is 1. The molecule has 2 nitrogen and oxygen atoms in total. The normalized spacial score (nSPS) is 9.75. The van der Waals surface area contributed by atoms with Gasteiger partial charge in [-0.15, -0.1) is 0 Å². The lowest BCUT2D eigenvalue weighted by molar-refractivity contribution is 1.00. The average Bonchev–Trinajstić information content (AvgIpc) is 2.46. The van der Waals surface area contributed by atoms with Crippen LogP contribution in [0.4, 0.5) is 0 Å². The van der Waals surface area contributed by atoms with Gasteiger partial charge in [-0.05, 0) is 12.1 Å². The molecule has 0 unspecified atom stereocenters. The highest BCUT2D eigenvalue weighted by Gasteiger charge is 1.97. The molecule has 0 radical (unpaired) electrons. The third-order valence-corrected chi connectivity index (χ3v) is 1.77. The van der Waals surface area contributed by atoms with Crippen LogP contribution in [0, 0.1) is 0 Å². The molecule has 0 aliphatic heterocycles. The maximum absolute atomic E-state index is 4.38. The van der Waals surface area contributed by atoms with Crippen LogP contribution in [0.3, 0.4) is 0 Å². The van der Waals surface area contributed by atoms with E-state index < -0.39 is 0 Å². The van der Waals surface area contributed by atoms with Crippen molar-refractivity contribution in [2.75, 3.05) is 0 Å². The molecule has 1 aromatic heterocycles. The van der Waals surface area contributed by atoms with Crippen molar-refractivity contribution in [2.45, 2.75) is 20.8 Å². The number of imidazole rings is 1. The fourth-order valence-corrected chi connectivity index (χ4v) is 1.17. The van der Waals surface area contributed by atoms with Crippen molar-refractivity contribution >= 4 is 11.0 Å². The fraction of sp³-hybridized carbons (Fsp3) is 0.300. The molecular weight excluding hydrogens is 148 g/mol. The summed E-state index contributed by atoms with van der Waals surface area (Å²) in [4.78, 5) is 7.61. The van der Waals surface area contributed by atoms with Gasteiger partial charge in [0.2, 0.25) is 0 Å². The van der Waals surface area contributed by atoms with Gasteiger partial charge in [0, 0.05) is 6.42 Å². The molecule has 1 heterocycles. The lowest BCUT2D eigenvalue weighted by Gasteiger charge is -1.82. The summed E-state index contributed by atoms with van der Waals surface area (Å²) in [6, 6.07) is 8.08. The number of fused-ring (bicyclic) bond motifs is 1. The van der Waals surface area contributed by atoms with Crippen LogP contribution in [0.1, 0.15) is 20.2 Å². The monoisotopic (exact) mass is 162 g/mol. The summed E-state index contributed by atoms with van der Waals surface area (Å²) < 4.78 is 0. The second-order valence-electron chi connectivity index (χ2n) is 2.55. The first kappa shape index (κ1) is 8.78. The van der Waals surface area contributed by atoms with Gasteiger partial charge in [0.05, 0.1) is 11.0 Å². The Labute approximate surface area is 72.6 Å². The topological polar surface area (TPSA) is 28.7 Å². The highest BCUT2D eigenvalue weighted by Crippen LogP contribution is 2.09. The van der Waals surface area contributed by atoms with Crippen LogP contribution in [0.25, 0.3) is 11.0 Å². The van der Waals surface area contributed by atoms with Gasteiger partial charge in [-0.1, -0.05) is 26.5 Å². The molecule has 0 atom stereocenters. The molecule has 0 aliphatic carbocycles. The molecule has 2 aromatic rings. The fourth-order valence-electron chi connectivity index (χ4n) is 1.17. The molecule has 0 bridgehead atoms. The number of rotatable bonds is 1. The maximum atomic E-state index is 4.38. The van der Waals surface area contributed by atoms with E-state index in [4.69, 9.17) is 0 Å². The molecule has 0 saturated heterocycles. The number of nitrogens with one attached hydrogen (secondary N) is 1. The minimum atomic E-state index is 0. The Bertz CT molecular complexity index is 330. The van der Waals surface area contributed by atoms with Crippen molar-refractivity contribution in [3.63, 3.8) is 0 Å². The van der Waals surface area contributed by atoms with Crippen molar-refractivity contribution < 1.29 is 0 Å². The number of benzene rings is 1. The Hall–Kier alpha value is -1.31. The first-order valence-electron chi connectivity index (χ1n) is 3.84. The zero-order valence-corrected chi connectivity index (χ0v) is 6.46. The van der Waals surface area contributed by atoms with Gasteiger partial charge >= 0.3 is 0 Å². The van der Waals surface area contributed by atoms with E-state index in [1.165, 1.54) is 0 Å². The lowest BCUT2D eigenvalue weighted by Crippen LogP contribution is -1.79. The molecule has 0 spiro atoms. The highest BCUT2D eigenvalue weighted by molar-refractivity contribution is 5.74. The van der Waals surface area contributed by atoms with Gasteiger partial charge < -0.3 is 4.98 Å². The van der Waals surface area contributed by atoms with Crippen molar-refractivity contribution in [2.24, 2.45) is 0 Å². The number of hydrogen-bond donors (Lipinski definition) is 1. The minimum absolute atomic E-state index is 0. The Morgan fingerprint density at radius 1 is 1.33 bits per heavy atom. The predicted molar refractivity (Wildman–Crippen MR) is 52.2 cm³/mol. The van der Waals surface area contributed by atoms with Crippen LogP contribution in [0.15, 0.2) is 24.3 Å². The summed E-state index contributed by atoms with van der Waals surface area (Å²) in [5.74, 6) is 1.06. The molecule has 12 heavy (non-hydrogen) atoms. The van der Waals surface area contributed by atoms with Crippen LogP contribution in [-0.2, 0) is 6.42 Å². The van der Waals surface area contributed by atoms with Crippen molar-refractivity contribution in [3.8, 4) is 0 Å². The van der Waals surface area contributed by atoms with Crippen LogP contribution in [0.5, 0.6) is 0 Å². The lowest BCUT2D eigenvalue weighted by atomic mass is 10.3. The van der Waals surface area contributed by atoms with Crippen molar-refractivity contribution in [3.05, 3.63) is 30.1 Å². The number of hydrogen-bond acceptors (Lipinski definition) is 1. The van der Waals surface area contributed by atoms with E-state index in [9.17, 15) is 0 Å². The van der Waals surface area contributed by atoms with E-state index in [-0.39, 0.29) is 7.43 Å². The Balaban J connectivity index is 0.000000720. The third kappa shape index (κ3) is 1.33.